The van der Waals surface area contributed by atoms with E-state index in [9.17, 15) is 0 Å². The van der Waals surface area contributed by atoms with Crippen molar-refractivity contribution in [2.24, 2.45) is 11.7 Å². The highest BCUT2D eigenvalue weighted by molar-refractivity contribution is 4.85. The Morgan fingerprint density at radius 3 is 2.33 bits per heavy atom. The molecular formula is C5H10N. The van der Waals surface area contributed by atoms with Crippen LogP contribution in [0.3, 0.4) is 0 Å². The van der Waals surface area contributed by atoms with Crippen molar-refractivity contribution in [2.75, 3.05) is 6.54 Å². The van der Waals surface area contributed by atoms with Crippen molar-refractivity contribution in [3.63, 3.8) is 0 Å². The molecule has 1 nitrogen and oxygen atoms in total. The first-order chi connectivity index (χ1) is 2.93. The van der Waals surface area contributed by atoms with Crippen LogP contribution >= 0.6 is 0 Å². The average molecular weight is 84.1 g/mol. The summed E-state index contributed by atoms with van der Waals surface area (Å²) >= 11 is 0. The molecule has 0 bridgehead atoms. The van der Waals surface area contributed by atoms with Gasteiger partial charge in [0.25, 0.3) is 0 Å². The second-order valence-electron chi connectivity index (χ2n) is 1.86. The fourth-order valence-electron chi connectivity index (χ4n) is 0.595. The summed E-state index contributed by atoms with van der Waals surface area (Å²) in [5, 5.41) is 0. The third-order valence-electron chi connectivity index (χ3n) is 1.33. The van der Waals surface area contributed by atoms with E-state index in [4.69, 9.17) is 5.73 Å². The van der Waals surface area contributed by atoms with E-state index < -0.39 is 0 Å². The van der Waals surface area contributed by atoms with Gasteiger partial charge in [0.05, 0.1) is 0 Å². The van der Waals surface area contributed by atoms with Gasteiger partial charge in [-0.1, -0.05) is 0 Å². The molecule has 1 fully saturated rings. The Morgan fingerprint density at radius 2 is 2.33 bits per heavy atom. The van der Waals surface area contributed by atoms with E-state index in [0.717, 1.165) is 12.5 Å². The summed E-state index contributed by atoms with van der Waals surface area (Å²) in [6.45, 7) is 0.885. The minimum Gasteiger partial charge on any atom is -0.330 e. The molecule has 0 atom stereocenters. The summed E-state index contributed by atoms with van der Waals surface area (Å²) in [5.41, 5.74) is 5.31. The fraction of sp³-hybridized carbons (Fsp3) is 0.800. The molecule has 1 heteroatoms. The first-order valence-electron chi connectivity index (χ1n) is 2.45. The summed E-state index contributed by atoms with van der Waals surface area (Å²) in [7, 11) is 0. The van der Waals surface area contributed by atoms with Gasteiger partial charge in [-0.25, -0.2) is 0 Å². The highest BCUT2D eigenvalue weighted by atomic mass is 14.6. The molecule has 35 valence electrons. The van der Waals surface area contributed by atoms with Crippen molar-refractivity contribution in [1.29, 1.82) is 0 Å². The van der Waals surface area contributed by atoms with Crippen LogP contribution in [0.15, 0.2) is 0 Å². The molecule has 0 spiro atoms. The molecule has 1 rings (SSSR count). The van der Waals surface area contributed by atoms with Gasteiger partial charge in [-0.15, -0.1) is 0 Å². The lowest BCUT2D eigenvalue weighted by Gasteiger charge is -2.22. The largest absolute Gasteiger partial charge is 0.330 e. The van der Waals surface area contributed by atoms with E-state index in [1.165, 1.54) is 12.8 Å². The van der Waals surface area contributed by atoms with Crippen LogP contribution in [0.5, 0.6) is 0 Å². The van der Waals surface area contributed by atoms with Gasteiger partial charge >= 0.3 is 0 Å². The van der Waals surface area contributed by atoms with E-state index in [1.54, 1.807) is 0 Å². The average Bonchev–Trinajstić information content (AvgIpc) is 1.31. The van der Waals surface area contributed by atoms with Gasteiger partial charge in [0.2, 0.25) is 0 Å². The number of rotatable bonds is 1. The third kappa shape index (κ3) is 0.548. The minimum atomic E-state index is 0.838. The van der Waals surface area contributed by atoms with Crippen molar-refractivity contribution in [3.05, 3.63) is 6.42 Å². The molecular weight excluding hydrogens is 74.1 g/mol. The van der Waals surface area contributed by atoms with E-state index in [0.29, 0.717) is 0 Å². The quantitative estimate of drug-likeness (QED) is 0.493. The molecule has 1 radical (unpaired) electrons. The van der Waals surface area contributed by atoms with Crippen LogP contribution < -0.4 is 5.73 Å². The van der Waals surface area contributed by atoms with E-state index in [1.807, 2.05) is 0 Å². The second kappa shape index (κ2) is 1.61. The Morgan fingerprint density at radius 1 is 1.67 bits per heavy atom. The highest BCUT2D eigenvalue weighted by Crippen LogP contribution is 2.22. The fourth-order valence-corrected chi connectivity index (χ4v) is 0.595. The van der Waals surface area contributed by atoms with Crippen LogP contribution in [-0.4, -0.2) is 6.54 Å². The molecule has 0 unspecified atom stereocenters. The molecule has 0 aromatic rings. The maximum atomic E-state index is 5.31. The lowest BCUT2D eigenvalue weighted by atomic mass is 9.86. The topological polar surface area (TPSA) is 26.0 Å². The molecule has 0 aliphatic heterocycles. The summed E-state index contributed by atoms with van der Waals surface area (Å²) in [6.07, 6.45) is 4.80. The van der Waals surface area contributed by atoms with Gasteiger partial charge in [-0.05, 0) is 31.7 Å². The SMILES string of the molecule is NCC1C[CH]C1. The lowest BCUT2D eigenvalue weighted by Crippen LogP contribution is -2.21. The van der Waals surface area contributed by atoms with Gasteiger partial charge < -0.3 is 5.73 Å². The Hall–Kier alpha value is -0.0400. The second-order valence-corrected chi connectivity index (χ2v) is 1.86. The Labute approximate surface area is 38.5 Å². The molecule has 1 aliphatic carbocycles. The maximum Gasteiger partial charge on any atom is -0.00487 e. The van der Waals surface area contributed by atoms with Crippen LogP contribution in [0.1, 0.15) is 12.8 Å². The first kappa shape index (κ1) is 4.13. The summed E-state index contributed by atoms with van der Waals surface area (Å²) in [5.74, 6) is 0.838. The number of nitrogens with two attached hydrogens (primary N) is 1. The lowest BCUT2D eigenvalue weighted by molar-refractivity contribution is 0.421. The molecule has 0 aromatic heterocycles. The van der Waals surface area contributed by atoms with E-state index >= 15 is 0 Å². The van der Waals surface area contributed by atoms with E-state index in [-0.39, 0.29) is 0 Å². The van der Waals surface area contributed by atoms with Crippen molar-refractivity contribution in [1.82, 2.24) is 0 Å². The van der Waals surface area contributed by atoms with Crippen molar-refractivity contribution < 1.29 is 0 Å². The zero-order chi connectivity index (χ0) is 4.41. The van der Waals surface area contributed by atoms with Gasteiger partial charge in [-0.3, -0.25) is 0 Å². The standard InChI is InChI=1S/C5H10N/c6-4-5-2-1-3-5/h1,5H,2-4,6H2. The molecule has 1 saturated carbocycles. The Kier molecular flexibility index (Phi) is 1.10. The minimum absolute atomic E-state index is 0.838. The monoisotopic (exact) mass is 84.1 g/mol. The maximum absolute atomic E-state index is 5.31. The molecule has 0 aromatic carbocycles. The number of hydrogen-bond acceptors (Lipinski definition) is 1. The summed E-state index contributed by atoms with van der Waals surface area (Å²) in [4.78, 5) is 0. The number of hydrogen-bond donors (Lipinski definition) is 1. The molecule has 1 aliphatic rings. The molecule has 0 saturated heterocycles. The van der Waals surface area contributed by atoms with Crippen LogP contribution in [0, 0.1) is 12.3 Å². The summed E-state index contributed by atoms with van der Waals surface area (Å²) < 4.78 is 0. The zero-order valence-electron chi connectivity index (χ0n) is 3.85. The zero-order valence-corrected chi connectivity index (χ0v) is 3.85. The molecule has 2 N–H and O–H groups in total. The van der Waals surface area contributed by atoms with Gasteiger partial charge in [0, 0.05) is 0 Å². The van der Waals surface area contributed by atoms with Gasteiger partial charge in [-0.2, -0.15) is 0 Å². The smallest absolute Gasteiger partial charge is 0.00487 e. The normalized spacial score (nSPS) is 23.5. The predicted molar refractivity (Wildman–Crippen MR) is 26.1 cm³/mol. The van der Waals surface area contributed by atoms with Crippen molar-refractivity contribution >= 4 is 0 Å². The molecule has 0 amide bonds. The van der Waals surface area contributed by atoms with Crippen molar-refractivity contribution in [2.45, 2.75) is 12.8 Å². The predicted octanol–water partition coefficient (Wildman–Crippen LogP) is 0.559. The molecule has 0 heterocycles. The van der Waals surface area contributed by atoms with E-state index in [2.05, 4.69) is 6.42 Å². The van der Waals surface area contributed by atoms with Crippen LogP contribution in [0.25, 0.3) is 0 Å². The van der Waals surface area contributed by atoms with Crippen LogP contribution in [0.4, 0.5) is 0 Å². The van der Waals surface area contributed by atoms with Crippen molar-refractivity contribution in [3.8, 4) is 0 Å². The third-order valence-corrected chi connectivity index (χ3v) is 1.33. The Balaban J connectivity index is 2.01. The van der Waals surface area contributed by atoms with Gasteiger partial charge in [0.1, 0.15) is 0 Å². The first-order valence-corrected chi connectivity index (χ1v) is 2.45. The summed E-state index contributed by atoms with van der Waals surface area (Å²) in [6, 6.07) is 0. The van der Waals surface area contributed by atoms with Gasteiger partial charge in [0.15, 0.2) is 0 Å². The molecule has 6 heavy (non-hydrogen) atoms. The highest BCUT2D eigenvalue weighted by Gasteiger charge is 2.14. The Bertz CT molecular complexity index is 36.4. The van der Waals surface area contributed by atoms with Crippen LogP contribution in [-0.2, 0) is 0 Å². The van der Waals surface area contributed by atoms with Crippen LogP contribution in [0.2, 0.25) is 0 Å².